The van der Waals surface area contributed by atoms with E-state index in [9.17, 15) is 8.42 Å². The fourth-order valence-corrected chi connectivity index (χ4v) is 6.41. The average Bonchev–Trinajstić information content (AvgIpc) is 2.84. The summed E-state index contributed by atoms with van der Waals surface area (Å²) in [7, 11) is -3.49. The van der Waals surface area contributed by atoms with Gasteiger partial charge in [0.2, 0.25) is 10.0 Å². The van der Waals surface area contributed by atoms with E-state index in [0.717, 1.165) is 35.5 Å². The molecule has 5 nitrogen and oxygen atoms in total. The Bertz CT molecular complexity index is 1120. The first-order chi connectivity index (χ1) is 15.5. The number of anilines is 1. The van der Waals surface area contributed by atoms with Gasteiger partial charge in [-0.25, -0.2) is 13.4 Å². The molecular formula is C24H26ClN3O2S2. The van der Waals surface area contributed by atoms with Crippen molar-refractivity contribution >= 4 is 39.4 Å². The van der Waals surface area contributed by atoms with Crippen molar-refractivity contribution in [3.05, 3.63) is 83.5 Å². The molecule has 3 aromatic rings. The number of halogens is 1. The standard InChI is InChI=1S/C24H26ClN3O2S2/c1-2-19-6-12-23(13-7-19)32(29,30)27-17-14-21(15-18-27)28(24-5-3-4-16-26-24)31-22-10-8-20(25)9-11-22/h3-13,16,21H,2,14-15,17-18H2,1H3. The number of piperidine rings is 1. The lowest BCUT2D eigenvalue weighted by atomic mass is 10.1. The van der Waals surface area contributed by atoms with Gasteiger partial charge in [-0.05, 0) is 85.3 Å². The molecular weight excluding hydrogens is 462 g/mol. The molecule has 2 aromatic carbocycles. The molecule has 2 heterocycles. The molecule has 0 N–H and O–H groups in total. The maximum Gasteiger partial charge on any atom is 0.243 e. The molecule has 0 atom stereocenters. The Kier molecular flexibility index (Phi) is 7.40. The number of pyridine rings is 1. The molecule has 1 fully saturated rings. The number of hydrogen-bond donors (Lipinski definition) is 0. The molecule has 168 valence electrons. The Labute approximate surface area is 199 Å². The highest BCUT2D eigenvalue weighted by Gasteiger charge is 2.32. The van der Waals surface area contributed by atoms with Crippen molar-refractivity contribution in [3.63, 3.8) is 0 Å². The van der Waals surface area contributed by atoms with Crippen LogP contribution in [0.4, 0.5) is 5.82 Å². The van der Waals surface area contributed by atoms with Gasteiger partial charge in [0, 0.05) is 35.2 Å². The van der Waals surface area contributed by atoms with E-state index in [-0.39, 0.29) is 6.04 Å². The maximum absolute atomic E-state index is 13.1. The van der Waals surface area contributed by atoms with E-state index in [4.69, 9.17) is 11.6 Å². The molecule has 0 bridgehead atoms. The normalized spacial score (nSPS) is 15.6. The van der Waals surface area contributed by atoms with E-state index in [1.54, 1.807) is 34.6 Å². The minimum Gasteiger partial charge on any atom is -0.293 e. The third-order valence-corrected chi connectivity index (χ3v) is 8.95. The predicted molar refractivity (Wildman–Crippen MR) is 132 cm³/mol. The minimum atomic E-state index is -3.49. The van der Waals surface area contributed by atoms with Crippen molar-refractivity contribution in [2.24, 2.45) is 0 Å². The van der Waals surface area contributed by atoms with Gasteiger partial charge < -0.3 is 0 Å². The lowest BCUT2D eigenvalue weighted by Gasteiger charge is -2.37. The van der Waals surface area contributed by atoms with Gasteiger partial charge in [0.25, 0.3) is 0 Å². The van der Waals surface area contributed by atoms with E-state index < -0.39 is 10.0 Å². The molecule has 1 aliphatic heterocycles. The fraction of sp³-hybridized carbons (Fsp3) is 0.292. The van der Waals surface area contributed by atoms with Crippen LogP contribution in [-0.2, 0) is 16.4 Å². The van der Waals surface area contributed by atoms with Crippen LogP contribution in [0.1, 0.15) is 25.3 Å². The van der Waals surface area contributed by atoms with E-state index in [0.29, 0.717) is 23.0 Å². The first kappa shape index (κ1) is 23.1. The zero-order valence-corrected chi connectivity index (χ0v) is 20.3. The molecule has 0 spiro atoms. The molecule has 4 rings (SSSR count). The lowest BCUT2D eigenvalue weighted by molar-refractivity contribution is 0.322. The highest BCUT2D eigenvalue weighted by molar-refractivity contribution is 8.00. The highest BCUT2D eigenvalue weighted by atomic mass is 35.5. The summed E-state index contributed by atoms with van der Waals surface area (Å²) in [6.45, 7) is 3.02. The third kappa shape index (κ3) is 5.29. The largest absolute Gasteiger partial charge is 0.293 e. The maximum atomic E-state index is 13.1. The number of rotatable bonds is 7. The quantitative estimate of drug-likeness (QED) is 0.402. The van der Waals surface area contributed by atoms with Crippen LogP contribution in [0.5, 0.6) is 0 Å². The number of aromatic nitrogens is 1. The number of hydrogen-bond acceptors (Lipinski definition) is 5. The predicted octanol–water partition coefficient (Wildman–Crippen LogP) is 5.66. The first-order valence-electron chi connectivity index (χ1n) is 10.7. The Morgan fingerprint density at radius 2 is 1.72 bits per heavy atom. The van der Waals surface area contributed by atoms with Crippen molar-refractivity contribution in [2.75, 3.05) is 17.4 Å². The number of nitrogens with zero attached hydrogens (tertiary/aromatic N) is 3. The molecule has 1 saturated heterocycles. The summed E-state index contributed by atoms with van der Waals surface area (Å²) in [5, 5.41) is 0.698. The van der Waals surface area contributed by atoms with E-state index in [1.165, 1.54) is 0 Å². The number of benzene rings is 2. The van der Waals surface area contributed by atoms with Crippen molar-refractivity contribution in [1.29, 1.82) is 0 Å². The Morgan fingerprint density at radius 3 is 2.31 bits per heavy atom. The van der Waals surface area contributed by atoms with E-state index in [1.807, 2.05) is 54.6 Å². The van der Waals surface area contributed by atoms with Gasteiger partial charge in [0.05, 0.1) is 4.90 Å². The van der Waals surface area contributed by atoms with Crippen LogP contribution in [0.2, 0.25) is 5.02 Å². The summed E-state index contributed by atoms with van der Waals surface area (Å²) in [6, 6.07) is 21.0. The van der Waals surface area contributed by atoms with Crippen LogP contribution in [0.25, 0.3) is 0 Å². The molecule has 0 aliphatic carbocycles. The molecule has 0 amide bonds. The summed E-state index contributed by atoms with van der Waals surface area (Å²) >= 11 is 7.65. The Morgan fingerprint density at radius 1 is 1.03 bits per heavy atom. The summed E-state index contributed by atoms with van der Waals surface area (Å²) < 4.78 is 30.1. The van der Waals surface area contributed by atoms with Gasteiger partial charge in [-0.15, -0.1) is 0 Å². The van der Waals surface area contributed by atoms with Crippen LogP contribution >= 0.6 is 23.5 Å². The summed E-state index contributed by atoms with van der Waals surface area (Å²) in [6.07, 6.45) is 4.12. The van der Waals surface area contributed by atoms with Crippen molar-refractivity contribution in [3.8, 4) is 0 Å². The van der Waals surface area contributed by atoms with Gasteiger partial charge in [-0.3, -0.25) is 4.31 Å². The van der Waals surface area contributed by atoms with Crippen molar-refractivity contribution in [1.82, 2.24) is 9.29 Å². The minimum absolute atomic E-state index is 0.166. The van der Waals surface area contributed by atoms with Crippen LogP contribution in [0.15, 0.2) is 82.7 Å². The van der Waals surface area contributed by atoms with Gasteiger partial charge in [-0.2, -0.15) is 4.31 Å². The van der Waals surface area contributed by atoms with Gasteiger partial charge in [-0.1, -0.05) is 36.7 Å². The van der Waals surface area contributed by atoms with Crippen LogP contribution in [0.3, 0.4) is 0 Å². The Balaban J connectivity index is 1.49. The molecule has 8 heteroatoms. The van der Waals surface area contributed by atoms with Gasteiger partial charge >= 0.3 is 0 Å². The zero-order chi connectivity index (χ0) is 22.6. The molecule has 1 aromatic heterocycles. The SMILES string of the molecule is CCc1ccc(S(=O)(=O)N2CCC(N(Sc3ccc(Cl)cc3)c3ccccn3)CC2)cc1. The molecule has 32 heavy (non-hydrogen) atoms. The monoisotopic (exact) mass is 487 g/mol. The van der Waals surface area contributed by atoms with Crippen molar-refractivity contribution in [2.45, 2.75) is 42.0 Å². The fourth-order valence-electron chi connectivity index (χ4n) is 3.76. The van der Waals surface area contributed by atoms with E-state index >= 15 is 0 Å². The van der Waals surface area contributed by atoms with Crippen LogP contribution < -0.4 is 4.31 Å². The highest BCUT2D eigenvalue weighted by Crippen LogP contribution is 2.34. The third-order valence-electron chi connectivity index (χ3n) is 5.62. The summed E-state index contributed by atoms with van der Waals surface area (Å²) in [5.74, 6) is 0.865. The van der Waals surface area contributed by atoms with Crippen LogP contribution in [-0.4, -0.2) is 36.8 Å². The second kappa shape index (κ2) is 10.3. The zero-order valence-electron chi connectivity index (χ0n) is 17.9. The summed E-state index contributed by atoms with van der Waals surface area (Å²) in [5.41, 5.74) is 1.13. The first-order valence-corrected chi connectivity index (χ1v) is 13.3. The molecule has 0 unspecified atom stereocenters. The van der Waals surface area contributed by atoms with E-state index in [2.05, 4.69) is 16.2 Å². The average molecular weight is 488 g/mol. The van der Waals surface area contributed by atoms with Crippen LogP contribution in [0, 0.1) is 0 Å². The number of sulfonamides is 1. The number of aryl methyl sites for hydroxylation is 1. The van der Waals surface area contributed by atoms with Gasteiger partial charge in [0.15, 0.2) is 0 Å². The topological polar surface area (TPSA) is 53.5 Å². The van der Waals surface area contributed by atoms with Gasteiger partial charge in [0.1, 0.15) is 5.82 Å². The molecule has 0 saturated carbocycles. The summed E-state index contributed by atoms with van der Waals surface area (Å²) in [4.78, 5) is 5.97. The van der Waals surface area contributed by atoms with Crippen molar-refractivity contribution < 1.29 is 8.42 Å². The molecule has 1 aliphatic rings. The second-order valence-electron chi connectivity index (χ2n) is 7.69. The molecule has 0 radical (unpaired) electrons. The lowest BCUT2D eigenvalue weighted by Crippen LogP contribution is -2.45. The second-order valence-corrected chi connectivity index (χ2v) is 11.1. The Hall–Kier alpha value is -2.06. The smallest absolute Gasteiger partial charge is 0.243 e.